The molecule has 1 saturated carbocycles. The minimum atomic E-state index is -4.33. The second-order valence-electron chi connectivity index (χ2n) is 9.27. The molecule has 192 valence electrons. The van der Waals surface area contributed by atoms with Gasteiger partial charge in [0, 0.05) is 17.7 Å². The van der Waals surface area contributed by atoms with Crippen molar-refractivity contribution in [2.75, 3.05) is 0 Å². The van der Waals surface area contributed by atoms with Crippen LogP contribution in [0.3, 0.4) is 0 Å². The molecule has 2 unspecified atom stereocenters. The Labute approximate surface area is 204 Å². The zero-order valence-electron chi connectivity index (χ0n) is 19.6. The van der Waals surface area contributed by atoms with E-state index >= 15 is 0 Å². The van der Waals surface area contributed by atoms with Gasteiger partial charge in [0.1, 0.15) is 17.4 Å². The first-order valence-corrected chi connectivity index (χ1v) is 11.9. The highest BCUT2D eigenvalue weighted by atomic mass is 19.3. The number of rotatable bonds is 8. The smallest absolute Gasteiger partial charge is 0.429 e. The molecule has 36 heavy (non-hydrogen) atoms. The Morgan fingerprint density at radius 2 is 1.56 bits per heavy atom. The normalized spacial score (nSPS) is 18.0. The number of benzene rings is 3. The van der Waals surface area contributed by atoms with Crippen molar-refractivity contribution in [2.24, 2.45) is 5.92 Å². The Bertz CT molecular complexity index is 1220. The number of alkyl halides is 2. The summed E-state index contributed by atoms with van der Waals surface area (Å²) >= 11 is 0. The van der Waals surface area contributed by atoms with Crippen molar-refractivity contribution >= 4 is 0 Å². The van der Waals surface area contributed by atoms with Crippen molar-refractivity contribution < 1.29 is 35.5 Å². The molecule has 0 radical (unpaired) electrons. The fourth-order valence-electron chi connectivity index (χ4n) is 4.86. The van der Waals surface area contributed by atoms with Gasteiger partial charge in [-0.15, -0.1) is 0 Å². The summed E-state index contributed by atoms with van der Waals surface area (Å²) in [5.41, 5.74) is -0.262. The van der Waals surface area contributed by atoms with Crippen molar-refractivity contribution in [2.45, 2.75) is 57.5 Å². The quantitative estimate of drug-likeness (QED) is 0.217. The van der Waals surface area contributed by atoms with Crippen LogP contribution >= 0.6 is 0 Å². The van der Waals surface area contributed by atoms with Gasteiger partial charge in [-0.1, -0.05) is 44.4 Å². The topological polar surface area (TPSA) is 9.23 Å². The fourth-order valence-corrected chi connectivity index (χ4v) is 4.86. The van der Waals surface area contributed by atoms with Crippen LogP contribution in [0.2, 0.25) is 0 Å². The Morgan fingerprint density at radius 3 is 2.19 bits per heavy atom. The van der Waals surface area contributed by atoms with Crippen molar-refractivity contribution in [3.05, 3.63) is 88.7 Å². The van der Waals surface area contributed by atoms with Crippen LogP contribution in [0.15, 0.2) is 48.5 Å². The van der Waals surface area contributed by atoms with Crippen LogP contribution in [0.4, 0.5) is 30.7 Å². The maximum absolute atomic E-state index is 15.0. The lowest BCUT2D eigenvalue weighted by Gasteiger charge is -2.19. The first kappa shape index (κ1) is 26.0. The maximum atomic E-state index is 15.0. The summed E-state index contributed by atoms with van der Waals surface area (Å²) < 4.78 is 103. The molecule has 3 aromatic carbocycles. The van der Waals surface area contributed by atoms with Crippen molar-refractivity contribution in [1.82, 2.24) is 0 Å². The minimum Gasteiger partial charge on any atom is -0.429 e. The molecular weight excluding hydrogens is 485 g/mol. The number of halogens is 7. The zero-order valence-corrected chi connectivity index (χ0v) is 19.6. The summed E-state index contributed by atoms with van der Waals surface area (Å²) in [5, 5.41) is 0. The lowest BCUT2D eigenvalue weighted by atomic mass is 9.92. The Balaban J connectivity index is 1.52. The monoisotopic (exact) mass is 510 g/mol. The second kappa shape index (κ2) is 10.5. The molecule has 0 aliphatic heterocycles. The highest BCUT2D eigenvalue weighted by Gasteiger charge is 2.38. The Kier molecular flexibility index (Phi) is 7.62. The number of unbranched alkanes of at least 4 members (excludes halogenated alkanes) is 1. The van der Waals surface area contributed by atoms with Crippen molar-refractivity contribution in [1.29, 1.82) is 0 Å². The number of hydrogen-bond acceptors (Lipinski definition) is 1. The summed E-state index contributed by atoms with van der Waals surface area (Å²) in [6.45, 7) is 2.15. The molecule has 1 aliphatic carbocycles. The molecule has 4 rings (SSSR count). The van der Waals surface area contributed by atoms with E-state index < -0.39 is 46.5 Å². The van der Waals surface area contributed by atoms with Gasteiger partial charge in [-0.2, -0.15) is 8.78 Å². The van der Waals surface area contributed by atoms with E-state index in [4.69, 9.17) is 0 Å². The zero-order chi connectivity index (χ0) is 26.0. The van der Waals surface area contributed by atoms with Gasteiger partial charge in [0.05, 0.1) is 5.56 Å². The SMILES string of the molecule is CCCCC1CCC(c2ccc(-c3ccc(C(F)(F)Oc4cc(F)c(F)c(F)c4)c(F)c3)c(F)c2)C1. The van der Waals surface area contributed by atoms with Gasteiger partial charge in [0.25, 0.3) is 0 Å². The first-order chi connectivity index (χ1) is 17.1. The molecule has 0 N–H and O–H groups in total. The molecule has 0 spiro atoms. The molecular formula is C28H25F7O. The molecule has 0 heterocycles. The van der Waals surface area contributed by atoms with Crippen LogP contribution in [0.5, 0.6) is 5.75 Å². The van der Waals surface area contributed by atoms with Crippen LogP contribution in [-0.4, -0.2) is 0 Å². The van der Waals surface area contributed by atoms with Crippen LogP contribution in [0.1, 0.15) is 62.5 Å². The molecule has 0 bridgehead atoms. The largest absolute Gasteiger partial charge is 0.429 e. The minimum absolute atomic E-state index is 0.0437. The van der Waals surface area contributed by atoms with Gasteiger partial charge in [0.15, 0.2) is 17.5 Å². The first-order valence-electron chi connectivity index (χ1n) is 11.9. The molecule has 1 fully saturated rings. The van der Waals surface area contributed by atoms with E-state index in [1.54, 1.807) is 6.07 Å². The van der Waals surface area contributed by atoms with Gasteiger partial charge in [-0.25, -0.2) is 22.0 Å². The molecule has 1 aliphatic rings. The summed E-state index contributed by atoms with van der Waals surface area (Å²) in [7, 11) is 0. The summed E-state index contributed by atoms with van der Waals surface area (Å²) in [4.78, 5) is 0. The average Bonchev–Trinajstić information content (AvgIpc) is 3.29. The molecule has 8 heteroatoms. The second-order valence-corrected chi connectivity index (χ2v) is 9.27. The molecule has 0 saturated heterocycles. The van der Waals surface area contributed by atoms with Crippen LogP contribution < -0.4 is 4.74 Å². The third kappa shape index (κ3) is 5.52. The van der Waals surface area contributed by atoms with Crippen LogP contribution in [0, 0.1) is 35.0 Å². The molecule has 0 aromatic heterocycles. The lowest BCUT2D eigenvalue weighted by Crippen LogP contribution is -2.23. The van der Waals surface area contributed by atoms with Crippen LogP contribution in [0.25, 0.3) is 11.1 Å². The van der Waals surface area contributed by atoms with E-state index in [0.29, 0.717) is 12.0 Å². The standard InChI is InChI=1S/C28H25F7O/c1-2-3-4-16-5-6-17(11-16)18-7-9-21(23(29)12-18)19-8-10-22(24(30)13-19)28(34,35)36-20-14-25(31)27(33)26(32)15-20/h7-10,12-17H,2-6,11H2,1H3. The van der Waals surface area contributed by atoms with Crippen molar-refractivity contribution in [3.63, 3.8) is 0 Å². The Hall–Kier alpha value is -3.03. The van der Waals surface area contributed by atoms with E-state index in [2.05, 4.69) is 11.7 Å². The molecule has 2 atom stereocenters. The van der Waals surface area contributed by atoms with Gasteiger partial charge in [-0.05, 0) is 60.4 Å². The van der Waals surface area contributed by atoms with Gasteiger partial charge in [-0.3, -0.25) is 0 Å². The lowest BCUT2D eigenvalue weighted by molar-refractivity contribution is -0.187. The highest BCUT2D eigenvalue weighted by Crippen LogP contribution is 2.42. The van der Waals surface area contributed by atoms with Gasteiger partial charge < -0.3 is 4.74 Å². The Morgan fingerprint density at radius 1 is 0.833 bits per heavy atom. The maximum Gasteiger partial charge on any atom is 0.429 e. The average molecular weight is 510 g/mol. The third-order valence-corrected chi connectivity index (χ3v) is 6.77. The predicted octanol–water partition coefficient (Wildman–Crippen LogP) is 9.25. The van der Waals surface area contributed by atoms with Gasteiger partial charge >= 0.3 is 6.11 Å². The van der Waals surface area contributed by atoms with E-state index in [1.165, 1.54) is 25.0 Å². The fraction of sp³-hybridized carbons (Fsp3) is 0.357. The summed E-state index contributed by atoms with van der Waals surface area (Å²) in [5.74, 6) is -7.44. The summed E-state index contributed by atoms with van der Waals surface area (Å²) in [6.07, 6.45) is 2.23. The highest BCUT2D eigenvalue weighted by molar-refractivity contribution is 5.65. The molecule has 0 amide bonds. The summed E-state index contributed by atoms with van der Waals surface area (Å²) in [6, 6.07) is 7.73. The van der Waals surface area contributed by atoms with Crippen molar-refractivity contribution in [3.8, 4) is 16.9 Å². The van der Waals surface area contributed by atoms with Crippen LogP contribution in [-0.2, 0) is 6.11 Å². The van der Waals surface area contributed by atoms with E-state index in [0.717, 1.165) is 43.4 Å². The molecule has 1 nitrogen and oxygen atoms in total. The van der Waals surface area contributed by atoms with Gasteiger partial charge in [0.2, 0.25) is 0 Å². The van der Waals surface area contributed by atoms with E-state index in [1.807, 2.05) is 0 Å². The third-order valence-electron chi connectivity index (χ3n) is 6.77. The number of ether oxygens (including phenoxy) is 1. The molecule has 3 aromatic rings. The van der Waals surface area contributed by atoms with E-state index in [-0.39, 0.29) is 29.2 Å². The predicted molar refractivity (Wildman–Crippen MR) is 122 cm³/mol. The number of hydrogen-bond donors (Lipinski definition) is 0. The van der Waals surface area contributed by atoms with E-state index in [9.17, 15) is 30.7 Å².